The molecule has 0 aromatic heterocycles. The van der Waals surface area contributed by atoms with E-state index in [2.05, 4.69) is 11.0 Å². The van der Waals surface area contributed by atoms with E-state index in [-0.39, 0.29) is 12.1 Å². The van der Waals surface area contributed by atoms with E-state index in [1.807, 2.05) is 7.05 Å². The largest absolute Gasteiger partial charge is 0.394 e. The molecule has 1 N–H and O–H groups in total. The van der Waals surface area contributed by atoms with Gasteiger partial charge in [0.1, 0.15) is 0 Å². The van der Waals surface area contributed by atoms with Crippen molar-refractivity contribution in [3.05, 3.63) is 0 Å². The molecule has 62 valence electrons. The van der Waals surface area contributed by atoms with Crippen molar-refractivity contribution in [2.75, 3.05) is 20.2 Å². The van der Waals surface area contributed by atoms with Crippen LogP contribution in [0.3, 0.4) is 0 Å². The summed E-state index contributed by atoms with van der Waals surface area (Å²) >= 11 is 0. The van der Waals surface area contributed by atoms with Crippen LogP contribution in [0.25, 0.3) is 0 Å². The third kappa shape index (κ3) is 1.37. The van der Waals surface area contributed by atoms with Gasteiger partial charge in [-0.15, -0.1) is 0 Å². The van der Waals surface area contributed by atoms with E-state index in [0.29, 0.717) is 6.42 Å². The Morgan fingerprint density at radius 2 is 2.45 bits per heavy atom. The number of nitrogens with zero attached hydrogens (tertiary/aromatic N) is 2. The van der Waals surface area contributed by atoms with Crippen molar-refractivity contribution in [1.82, 2.24) is 4.90 Å². The molecule has 0 radical (unpaired) electrons. The number of hydrogen-bond donors (Lipinski definition) is 1. The van der Waals surface area contributed by atoms with Crippen LogP contribution in [0.15, 0.2) is 0 Å². The SMILES string of the molecule is CN1CCCC1(CO)CC#N. The third-order valence-corrected chi connectivity index (χ3v) is 2.65. The molecule has 0 aromatic rings. The van der Waals surface area contributed by atoms with E-state index >= 15 is 0 Å². The predicted octanol–water partition coefficient (Wildman–Crippen LogP) is 0.357. The average molecular weight is 154 g/mol. The summed E-state index contributed by atoms with van der Waals surface area (Å²) in [5, 5.41) is 17.7. The van der Waals surface area contributed by atoms with Crippen molar-refractivity contribution in [3.63, 3.8) is 0 Å². The number of aliphatic hydroxyl groups excluding tert-OH is 1. The Labute approximate surface area is 67.2 Å². The van der Waals surface area contributed by atoms with Crippen molar-refractivity contribution >= 4 is 0 Å². The fraction of sp³-hybridized carbons (Fsp3) is 0.875. The highest BCUT2D eigenvalue weighted by Gasteiger charge is 2.37. The zero-order chi connectivity index (χ0) is 8.32. The van der Waals surface area contributed by atoms with Gasteiger partial charge in [0, 0.05) is 0 Å². The van der Waals surface area contributed by atoms with Gasteiger partial charge in [-0.3, -0.25) is 4.90 Å². The Morgan fingerprint density at radius 1 is 1.73 bits per heavy atom. The molecule has 3 nitrogen and oxygen atoms in total. The minimum Gasteiger partial charge on any atom is -0.394 e. The molecule has 0 amide bonds. The van der Waals surface area contributed by atoms with E-state index < -0.39 is 0 Å². The molecule has 0 saturated carbocycles. The summed E-state index contributed by atoms with van der Waals surface area (Å²) in [6, 6.07) is 2.13. The van der Waals surface area contributed by atoms with Gasteiger partial charge in [0.05, 0.1) is 24.6 Å². The normalized spacial score (nSPS) is 32.1. The maximum atomic E-state index is 9.13. The quantitative estimate of drug-likeness (QED) is 0.624. The maximum absolute atomic E-state index is 9.13. The molecule has 1 atom stereocenters. The average Bonchev–Trinajstić information content (AvgIpc) is 2.35. The van der Waals surface area contributed by atoms with Gasteiger partial charge in [-0.05, 0) is 26.4 Å². The lowest BCUT2D eigenvalue weighted by molar-refractivity contribution is 0.0878. The van der Waals surface area contributed by atoms with Crippen LogP contribution in [0, 0.1) is 11.3 Å². The van der Waals surface area contributed by atoms with Gasteiger partial charge in [0.15, 0.2) is 0 Å². The van der Waals surface area contributed by atoms with Crippen LogP contribution in [0.4, 0.5) is 0 Å². The van der Waals surface area contributed by atoms with Crippen LogP contribution < -0.4 is 0 Å². The predicted molar refractivity (Wildman–Crippen MR) is 41.9 cm³/mol. The van der Waals surface area contributed by atoms with Crippen molar-refractivity contribution < 1.29 is 5.11 Å². The fourth-order valence-corrected chi connectivity index (χ4v) is 1.70. The van der Waals surface area contributed by atoms with Gasteiger partial charge in [-0.1, -0.05) is 0 Å². The number of aliphatic hydroxyl groups is 1. The van der Waals surface area contributed by atoms with Crippen LogP contribution in [-0.2, 0) is 0 Å². The lowest BCUT2D eigenvalue weighted by Gasteiger charge is -2.31. The number of likely N-dealkylation sites (N-methyl/N-ethyl adjacent to an activating group) is 1. The van der Waals surface area contributed by atoms with Crippen LogP contribution in [0.1, 0.15) is 19.3 Å². The number of nitriles is 1. The van der Waals surface area contributed by atoms with Gasteiger partial charge < -0.3 is 5.11 Å². The summed E-state index contributed by atoms with van der Waals surface area (Å²) in [7, 11) is 1.97. The van der Waals surface area contributed by atoms with Gasteiger partial charge in [-0.2, -0.15) is 5.26 Å². The standard InChI is InChI=1S/C8H14N2O/c1-10-6-2-3-8(10,7-11)4-5-9/h11H,2-4,6-7H2,1H3. The molecule has 0 aromatic carbocycles. The first-order chi connectivity index (χ1) is 5.25. The number of rotatable bonds is 2. The number of hydrogen-bond acceptors (Lipinski definition) is 3. The topological polar surface area (TPSA) is 47.3 Å². The molecule has 1 fully saturated rings. The molecule has 3 heteroatoms. The summed E-state index contributed by atoms with van der Waals surface area (Å²) in [5.74, 6) is 0. The summed E-state index contributed by atoms with van der Waals surface area (Å²) in [6.07, 6.45) is 2.49. The van der Waals surface area contributed by atoms with Crippen molar-refractivity contribution in [1.29, 1.82) is 5.26 Å². The fourth-order valence-electron chi connectivity index (χ4n) is 1.70. The Bertz CT molecular complexity index is 175. The van der Waals surface area contributed by atoms with Gasteiger partial charge in [0.2, 0.25) is 0 Å². The van der Waals surface area contributed by atoms with E-state index in [0.717, 1.165) is 19.4 Å². The molecule has 1 aliphatic heterocycles. The van der Waals surface area contributed by atoms with Crippen molar-refractivity contribution in [2.24, 2.45) is 0 Å². The van der Waals surface area contributed by atoms with E-state index in [9.17, 15) is 0 Å². The molecule has 1 rings (SSSR count). The van der Waals surface area contributed by atoms with Crippen LogP contribution in [0.5, 0.6) is 0 Å². The number of likely N-dealkylation sites (tertiary alicyclic amines) is 1. The highest BCUT2D eigenvalue weighted by atomic mass is 16.3. The van der Waals surface area contributed by atoms with Crippen LogP contribution >= 0.6 is 0 Å². The van der Waals surface area contributed by atoms with Gasteiger partial charge >= 0.3 is 0 Å². The smallest absolute Gasteiger partial charge is 0.0642 e. The van der Waals surface area contributed by atoms with E-state index in [1.54, 1.807) is 0 Å². The molecule has 0 aliphatic carbocycles. The first-order valence-electron chi connectivity index (χ1n) is 3.94. The summed E-state index contributed by atoms with van der Waals surface area (Å²) in [5.41, 5.74) is -0.227. The van der Waals surface area contributed by atoms with Gasteiger partial charge in [-0.25, -0.2) is 0 Å². The maximum Gasteiger partial charge on any atom is 0.0642 e. The second kappa shape index (κ2) is 3.21. The molecular weight excluding hydrogens is 140 g/mol. The monoisotopic (exact) mass is 154 g/mol. The second-order valence-corrected chi connectivity index (χ2v) is 3.24. The Morgan fingerprint density at radius 3 is 2.82 bits per heavy atom. The lowest BCUT2D eigenvalue weighted by atomic mass is 9.94. The first kappa shape index (κ1) is 8.51. The van der Waals surface area contributed by atoms with E-state index in [1.165, 1.54) is 0 Å². The molecule has 1 unspecified atom stereocenters. The highest BCUT2D eigenvalue weighted by Crippen LogP contribution is 2.29. The molecular formula is C8H14N2O. The zero-order valence-electron chi connectivity index (χ0n) is 6.88. The summed E-state index contributed by atoms with van der Waals surface area (Å²) < 4.78 is 0. The molecule has 0 bridgehead atoms. The molecule has 0 spiro atoms. The van der Waals surface area contributed by atoms with Crippen LogP contribution in [-0.4, -0.2) is 35.7 Å². The molecule has 1 aliphatic rings. The first-order valence-corrected chi connectivity index (χ1v) is 3.94. The van der Waals surface area contributed by atoms with Gasteiger partial charge in [0.25, 0.3) is 0 Å². The Kier molecular flexibility index (Phi) is 2.48. The summed E-state index contributed by atoms with van der Waals surface area (Å²) in [4.78, 5) is 2.09. The second-order valence-electron chi connectivity index (χ2n) is 3.24. The lowest BCUT2D eigenvalue weighted by Crippen LogP contribution is -2.44. The zero-order valence-corrected chi connectivity index (χ0v) is 6.88. The highest BCUT2D eigenvalue weighted by molar-refractivity contribution is 4.99. The molecule has 1 heterocycles. The minimum absolute atomic E-state index is 0.108. The van der Waals surface area contributed by atoms with Crippen LogP contribution in [0.2, 0.25) is 0 Å². The van der Waals surface area contributed by atoms with Crippen molar-refractivity contribution in [2.45, 2.75) is 24.8 Å². The summed E-state index contributed by atoms with van der Waals surface area (Å²) in [6.45, 7) is 1.11. The van der Waals surface area contributed by atoms with E-state index in [4.69, 9.17) is 10.4 Å². The van der Waals surface area contributed by atoms with Crippen molar-refractivity contribution in [3.8, 4) is 6.07 Å². The Balaban J connectivity index is 2.67. The minimum atomic E-state index is -0.227. The molecule has 11 heavy (non-hydrogen) atoms. The molecule has 1 saturated heterocycles. The Hall–Kier alpha value is -0.590. The third-order valence-electron chi connectivity index (χ3n) is 2.65.